The number of carbonyl (C=O) groups excluding carboxylic acids is 1. The first-order chi connectivity index (χ1) is 7.30. The van der Waals surface area contributed by atoms with Crippen molar-refractivity contribution in [2.75, 3.05) is 17.6 Å². The number of carbonyl (C=O) groups is 1. The van der Waals surface area contributed by atoms with Crippen LogP contribution in [0.2, 0.25) is 0 Å². The van der Waals surface area contributed by atoms with E-state index in [1.165, 1.54) is 18.3 Å². The van der Waals surface area contributed by atoms with Crippen molar-refractivity contribution in [2.24, 2.45) is 0 Å². The van der Waals surface area contributed by atoms with E-state index in [4.69, 9.17) is 0 Å². The van der Waals surface area contributed by atoms with Gasteiger partial charge in [0.2, 0.25) is 10.0 Å². The molecule has 0 bridgehead atoms. The molecular formula is C11H15NO3S. The van der Waals surface area contributed by atoms with Crippen molar-refractivity contribution in [3.05, 3.63) is 29.8 Å². The minimum atomic E-state index is -3.25. The van der Waals surface area contributed by atoms with Gasteiger partial charge in [0.25, 0.3) is 0 Å². The number of benzene rings is 1. The third kappa shape index (κ3) is 3.34. The minimum absolute atomic E-state index is 0.0548. The summed E-state index contributed by atoms with van der Waals surface area (Å²) in [7, 11) is -1.76. The molecule has 0 saturated carbocycles. The van der Waals surface area contributed by atoms with Crippen molar-refractivity contribution < 1.29 is 13.2 Å². The van der Waals surface area contributed by atoms with Gasteiger partial charge in [-0.2, -0.15) is 0 Å². The molecule has 0 aliphatic carbocycles. The maximum absolute atomic E-state index is 11.3. The van der Waals surface area contributed by atoms with E-state index in [2.05, 4.69) is 0 Å². The lowest BCUT2D eigenvalue weighted by atomic mass is 10.1. The molecule has 1 aromatic rings. The van der Waals surface area contributed by atoms with Gasteiger partial charge < -0.3 is 0 Å². The van der Waals surface area contributed by atoms with E-state index in [0.717, 1.165) is 11.8 Å². The number of hydrogen-bond acceptors (Lipinski definition) is 3. The van der Waals surface area contributed by atoms with E-state index < -0.39 is 10.0 Å². The lowest BCUT2D eigenvalue weighted by Crippen LogP contribution is -2.24. The molecule has 0 radical (unpaired) electrons. The number of anilines is 1. The third-order valence-corrected chi connectivity index (χ3v) is 3.43. The second kappa shape index (κ2) is 4.65. The Balaban J connectivity index is 3.03. The van der Waals surface area contributed by atoms with Crippen molar-refractivity contribution >= 4 is 21.5 Å². The number of nitrogens with zero attached hydrogens (tertiary/aromatic N) is 1. The standard InChI is InChI=1S/C11H15NO3S/c1-9(13)7-10-5-4-6-11(8-10)12(2)16(3,14)15/h4-6,8H,7H2,1-3H3. The summed E-state index contributed by atoms with van der Waals surface area (Å²) in [5.41, 5.74) is 1.39. The molecule has 0 spiro atoms. The molecule has 0 aliphatic heterocycles. The Kier molecular flexibility index (Phi) is 3.70. The zero-order valence-electron chi connectivity index (χ0n) is 9.60. The lowest BCUT2D eigenvalue weighted by molar-refractivity contribution is -0.116. The van der Waals surface area contributed by atoms with Gasteiger partial charge >= 0.3 is 0 Å². The van der Waals surface area contributed by atoms with Crippen LogP contribution >= 0.6 is 0 Å². The second-order valence-corrected chi connectivity index (χ2v) is 5.79. The van der Waals surface area contributed by atoms with Crippen molar-refractivity contribution in [3.8, 4) is 0 Å². The second-order valence-electron chi connectivity index (χ2n) is 3.78. The monoisotopic (exact) mass is 241 g/mol. The summed E-state index contributed by atoms with van der Waals surface area (Å²) in [5.74, 6) is 0.0548. The van der Waals surface area contributed by atoms with Crippen LogP contribution in [0.5, 0.6) is 0 Å². The first kappa shape index (κ1) is 12.7. The Morgan fingerprint density at radius 3 is 2.50 bits per heavy atom. The molecule has 0 fully saturated rings. The highest BCUT2D eigenvalue weighted by molar-refractivity contribution is 7.92. The Bertz CT molecular complexity index is 494. The molecule has 5 heteroatoms. The Morgan fingerprint density at radius 1 is 1.38 bits per heavy atom. The molecule has 16 heavy (non-hydrogen) atoms. The van der Waals surface area contributed by atoms with Crippen LogP contribution in [0.3, 0.4) is 0 Å². The van der Waals surface area contributed by atoms with E-state index in [1.54, 1.807) is 24.3 Å². The molecule has 0 aliphatic rings. The van der Waals surface area contributed by atoms with Gasteiger partial charge in [-0.25, -0.2) is 8.42 Å². The maximum Gasteiger partial charge on any atom is 0.231 e. The smallest absolute Gasteiger partial charge is 0.231 e. The number of Topliss-reactive ketones (excluding diaryl/α,β-unsaturated/α-hetero) is 1. The van der Waals surface area contributed by atoms with E-state index >= 15 is 0 Å². The van der Waals surface area contributed by atoms with E-state index in [-0.39, 0.29) is 5.78 Å². The van der Waals surface area contributed by atoms with Gasteiger partial charge in [-0.05, 0) is 24.6 Å². The van der Waals surface area contributed by atoms with Crippen LogP contribution < -0.4 is 4.31 Å². The van der Waals surface area contributed by atoms with Crippen LogP contribution in [-0.2, 0) is 21.2 Å². The highest BCUT2D eigenvalue weighted by Gasteiger charge is 2.12. The normalized spacial score (nSPS) is 11.2. The van der Waals surface area contributed by atoms with Crippen LogP contribution in [0.15, 0.2) is 24.3 Å². The summed E-state index contributed by atoms with van der Waals surface area (Å²) in [6.07, 6.45) is 1.47. The van der Waals surface area contributed by atoms with Gasteiger partial charge in [0.05, 0.1) is 11.9 Å². The molecule has 1 rings (SSSR count). The lowest BCUT2D eigenvalue weighted by Gasteiger charge is -2.17. The summed E-state index contributed by atoms with van der Waals surface area (Å²) in [6.45, 7) is 1.51. The zero-order valence-corrected chi connectivity index (χ0v) is 10.4. The molecule has 0 atom stereocenters. The Labute approximate surface area is 95.9 Å². The number of sulfonamides is 1. The summed E-state index contributed by atoms with van der Waals surface area (Å²) in [6, 6.07) is 6.96. The zero-order chi connectivity index (χ0) is 12.3. The quantitative estimate of drug-likeness (QED) is 0.796. The number of hydrogen-bond donors (Lipinski definition) is 0. The van der Waals surface area contributed by atoms with Gasteiger partial charge in [0.1, 0.15) is 5.78 Å². The highest BCUT2D eigenvalue weighted by Crippen LogP contribution is 2.17. The fraction of sp³-hybridized carbons (Fsp3) is 0.364. The topological polar surface area (TPSA) is 54.5 Å². The summed E-state index contributed by atoms with van der Waals surface area (Å²) < 4.78 is 23.8. The van der Waals surface area contributed by atoms with Crippen molar-refractivity contribution in [1.29, 1.82) is 0 Å². The Morgan fingerprint density at radius 2 is 2.00 bits per heavy atom. The highest BCUT2D eigenvalue weighted by atomic mass is 32.2. The predicted octanol–water partition coefficient (Wildman–Crippen LogP) is 1.21. The molecule has 0 saturated heterocycles. The molecule has 4 nitrogen and oxygen atoms in total. The fourth-order valence-corrected chi connectivity index (χ4v) is 1.84. The molecule has 88 valence electrons. The summed E-state index contributed by atoms with van der Waals surface area (Å²) >= 11 is 0. The van der Waals surface area contributed by atoms with Gasteiger partial charge in [0, 0.05) is 13.5 Å². The van der Waals surface area contributed by atoms with E-state index in [9.17, 15) is 13.2 Å². The van der Waals surface area contributed by atoms with Crippen LogP contribution in [0, 0.1) is 0 Å². The molecule has 1 aromatic carbocycles. The third-order valence-electron chi connectivity index (χ3n) is 2.22. The van der Waals surface area contributed by atoms with Gasteiger partial charge in [-0.1, -0.05) is 12.1 Å². The average Bonchev–Trinajstić information content (AvgIpc) is 2.14. The molecule has 0 unspecified atom stereocenters. The minimum Gasteiger partial charge on any atom is -0.300 e. The summed E-state index contributed by atoms with van der Waals surface area (Å²) in [5, 5.41) is 0. The van der Waals surface area contributed by atoms with Crippen LogP contribution in [0.25, 0.3) is 0 Å². The van der Waals surface area contributed by atoms with Crippen LogP contribution in [0.1, 0.15) is 12.5 Å². The van der Waals surface area contributed by atoms with Gasteiger partial charge in [-0.15, -0.1) is 0 Å². The van der Waals surface area contributed by atoms with Gasteiger partial charge in [-0.3, -0.25) is 9.10 Å². The number of rotatable bonds is 4. The number of ketones is 1. The van der Waals surface area contributed by atoms with Crippen LogP contribution in [-0.4, -0.2) is 27.5 Å². The largest absolute Gasteiger partial charge is 0.300 e. The fourth-order valence-electron chi connectivity index (χ4n) is 1.34. The van der Waals surface area contributed by atoms with Crippen molar-refractivity contribution in [1.82, 2.24) is 0 Å². The molecule has 0 aromatic heterocycles. The van der Waals surface area contributed by atoms with Crippen molar-refractivity contribution in [2.45, 2.75) is 13.3 Å². The van der Waals surface area contributed by atoms with Crippen LogP contribution in [0.4, 0.5) is 5.69 Å². The van der Waals surface area contributed by atoms with E-state index in [1.807, 2.05) is 0 Å². The SMILES string of the molecule is CC(=O)Cc1cccc(N(C)S(C)(=O)=O)c1. The first-order valence-corrected chi connectivity index (χ1v) is 6.68. The maximum atomic E-state index is 11.3. The average molecular weight is 241 g/mol. The molecule has 0 heterocycles. The predicted molar refractivity (Wildman–Crippen MR) is 64.1 cm³/mol. The Hall–Kier alpha value is -1.36. The molecule has 0 amide bonds. The summed E-state index contributed by atoms with van der Waals surface area (Å²) in [4.78, 5) is 11.0. The molecule has 0 N–H and O–H groups in total. The first-order valence-electron chi connectivity index (χ1n) is 4.83. The molecular weight excluding hydrogens is 226 g/mol. The van der Waals surface area contributed by atoms with Crippen molar-refractivity contribution in [3.63, 3.8) is 0 Å². The van der Waals surface area contributed by atoms with Gasteiger partial charge in [0.15, 0.2) is 0 Å². The van der Waals surface area contributed by atoms with E-state index in [0.29, 0.717) is 12.1 Å².